The van der Waals surface area contributed by atoms with Crippen LogP contribution in [0.15, 0.2) is 24.3 Å². The molecule has 11 heavy (non-hydrogen) atoms. The lowest BCUT2D eigenvalue weighted by Gasteiger charge is -2.04. The van der Waals surface area contributed by atoms with Gasteiger partial charge in [0.2, 0.25) is 0 Å². The van der Waals surface area contributed by atoms with E-state index in [1.807, 2.05) is 0 Å². The lowest BCUT2D eigenvalue weighted by Crippen LogP contribution is -2.02. The van der Waals surface area contributed by atoms with Gasteiger partial charge in [0.25, 0.3) is 0 Å². The first-order valence-corrected chi connectivity index (χ1v) is 4.24. The fourth-order valence-electron chi connectivity index (χ4n) is 1.20. The van der Waals surface area contributed by atoms with Crippen LogP contribution < -0.4 is 5.46 Å². The molecule has 0 nitrogen and oxygen atoms in total. The molecule has 0 heterocycles. The quantitative estimate of drug-likeness (QED) is 0.549. The average molecular weight is 146 g/mol. The minimum Gasteiger partial charge on any atom is -0.0889 e. The Morgan fingerprint density at radius 1 is 1.18 bits per heavy atom. The first kappa shape index (κ1) is 8.38. The zero-order chi connectivity index (χ0) is 8.27. The van der Waals surface area contributed by atoms with E-state index in [4.69, 9.17) is 0 Å². The Hall–Kier alpha value is -0.715. The van der Waals surface area contributed by atoms with Crippen LogP contribution in [-0.2, 0) is 6.42 Å². The second-order valence-corrected chi connectivity index (χ2v) is 3.58. The molecule has 0 atom stereocenters. The SMILES string of the molecule is Bc1ccc(CC(C)C)cc1. The third-order valence-corrected chi connectivity index (χ3v) is 1.76. The Kier molecular flexibility index (Phi) is 2.75. The molecule has 0 radical (unpaired) electrons. The van der Waals surface area contributed by atoms with Gasteiger partial charge >= 0.3 is 0 Å². The van der Waals surface area contributed by atoms with E-state index in [1.54, 1.807) is 0 Å². The summed E-state index contributed by atoms with van der Waals surface area (Å²) in [7, 11) is 2.12. The van der Waals surface area contributed by atoms with Gasteiger partial charge in [-0.25, -0.2) is 0 Å². The molecule has 0 aliphatic carbocycles. The van der Waals surface area contributed by atoms with Gasteiger partial charge in [-0.3, -0.25) is 0 Å². The molecule has 1 heteroatoms. The minimum absolute atomic E-state index is 0.762. The van der Waals surface area contributed by atoms with Crippen LogP contribution in [0.25, 0.3) is 0 Å². The van der Waals surface area contributed by atoms with E-state index in [-0.39, 0.29) is 0 Å². The molecule has 0 unspecified atom stereocenters. The van der Waals surface area contributed by atoms with E-state index in [0.717, 1.165) is 5.92 Å². The minimum atomic E-state index is 0.762. The van der Waals surface area contributed by atoms with Gasteiger partial charge < -0.3 is 0 Å². The summed E-state index contributed by atoms with van der Waals surface area (Å²) in [5, 5.41) is 0. The molecule has 0 saturated carbocycles. The molecule has 0 aliphatic rings. The van der Waals surface area contributed by atoms with Gasteiger partial charge in [0.1, 0.15) is 7.85 Å². The molecule has 0 saturated heterocycles. The van der Waals surface area contributed by atoms with Crippen molar-refractivity contribution in [2.45, 2.75) is 20.3 Å². The van der Waals surface area contributed by atoms with Crippen LogP contribution >= 0.6 is 0 Å². The van der Waals surface area contributed by atoms with Crippen LogP contribution in [-0.4, -0.2) is 7.85 Å². The maximum atomic E-state index is 2.25. The molecular formula is C10H15B. The van der Waals surface area contributed by atoms with Crippen molar-refractivity contribution in [1.82, 2.24) is 0 Å². The molecule has 0 bridgehead atoms. The van der Waals surface area contributed by atoms with E-state index in [1.165, 1.54) is 17.4 Å². The molecule has 1 aromatic rings. The first-order valence-electron chi connectivity index (χ1n) is 4.24. The highest BCUT2D eigenvalue weighted by molar-refractivity contribution is 6.32. The number of benzene rings is 1. The lowest BCUT2D eigenvalue weighted by molar-refractivity contribution is 0.647. The van der Waals surface area contributed by atoms with Gasteiger partial charge in [0.15, 0.2) is 0 Å². The maximum Gasteiger partial charge on any atom is 0.139 e. The Bertz CT molecular complexity index is 211. The molecule has 0 aliphatic heterocycles. The maximum absolute atomic E-state index is 2.25. The summed E-state index contributed by atoms with van der Waals surface area (Å²) in [5.74, 6) is 0.762. The smallest absolute Gasteiger partial charge is 0.0889 e. The third-order valence-electron chi connectivity index (χ3n) is 1.76. The third kappa shape index (κ3) is 2.79. The van der Waals surface area contributed by atoms with Crippen molar-refractivity contribution >= 4 is 13.3 Å². The van der Waals surface area contributed by atoms with Gasteiger partial charge in [-0.2, -0.15) is 0 Å². The summed E-state index contributed by atoms with van der Waals surface area (Å²) in [6.45, 7) is 4.50. The Morgan fingerprint density at radius 2 is 1.73 bits per heavy atom. The fourth-order valence-corrected chi connectivity index (χ4v) is 1.20. The van der Waals surface area contributed by atoms with Gasteiger partial charge in [0.05, 0.1) is 0 Å². The van der Waals surface area contributed by atoms with Crippen molar-refractivity contribution in [2.24, 2.45) is 5.92 Å². The van der Waals surface area contributed by atoms with Crippen LogP contribution in [0.5, 0.6) is 0 Å². The van der Waals surface area contributed by atoms with E-state index in [9.17, 15) is 0 Å². The highest BCUT2D eigenvalue weighted by Crippen LogP contribution is 2.05. The Balaban J connectivity index is 2.66. The van der Waals surface area contributed by atoms with E-state index in [0.29, 0.717) is 0 Å². The largest absolute Gasteiger partial charge is 0.139 e. The van der Waals surface area contributed by atoms with Crippen LogP contribution in [0.2, 0.25) is 0 Å². The zero-order valence-corrected chi connectivity index (χ0v) is 7.59. The highest BCUT2D eigenvalue weighted by Gasteiger charge is 1.95. The van der Waals surface area contributed by atoms with Crippen LogP contribution in [0.3, 0.4) is 0 Å². The fraction of sp³-hybridized carbons (Fsp3) is 0.400. The van der Waals surface area contributed by atoms with Gasteiger partial charge in [-0.15, -0.1) is 0 Å². The number of rotatable bonds is 2. The summed E-state index contributed by atoms with van der Waals surface area (Å²) < 4.78 is 0. The predicted molar refractivity (Wildman–Crippen MR) is 53.2 cm³/mol. The summed E-state index contributed by atoms with van der Waals surface area (Å²) in [4.78, 5) is 0. The second kappa shape index (κ2) is 3.61. The second-order valence-electron chi connectivity index (χ2n) is 3.58. The van der Waals surface area contributed by atoms with Gasteiger partial charge in [-0.1, -0.05) is 43.6 Å². The topological polar surface area (TPSA) is 0 Å². The molecule has 0 fully saturated rings. The van der Waals surface area contributed by atoms with Gasteiger partial charge in [0, 0.05) is 0 Å². The first-order chi connectivity index (χ1) is 5.18. The summed E-state index contributed by atoms with van der Waals surface area (Å²) in [6.07, 6.45) is 1.19. The van der Waals surface area contributed by atoms with E-state index >= 15 is 0 Å². The summed E-state index contributed by atoms with van der Waals surface area (Å²) >= 11 is 0. The van der Waals surface area contributed by atoms with Crippen molar-refractivity contribution in [2.75, 3.05) is 0 Å². The van der Waals surface area contributed by atoms with Crippen LogP contribution in [0.1, 0.15) is 19.4 Å². The Labute approximate surface area is 70.0 Å². The standard InChI is InChI=1S/C10H15B/c1-8(2)7-9-3-5-10(11)6-4-9/h3-6,8H,7,11H2,1-2H3. The highest BCUT2D eigenvalue weighted by atomic mass is 14.0. The van der Waals surface area contributed by atoms with E-state index in [2.05, 4.69) is 46.0 Å². The molecule has 0 amide bonds. The lowest BCUT2D eigenvalue weighted by atomic mass is 9.93. The van der Waals surface area contributed by atoms with Crippen LogP contribution in [0.4, 0.5) is 0 Å². The van der Waals surface area contributed by atoms with Crippen molar-refractivity contribution in [3.05, 3.63) is 29.8 Å². The summed E-state index contributed by atoms with van der Waals surface area (Å²) in [6, 6.07) is 8.79. The molecule has 58 valence electrons. The monoisotopic (exact) mass is 146 g/mol. The van der Waals surface area contributed by atoms with E-state index < -0.39 is 0 Å². The zero-order valence-electron chi connectivity index (χ0n) is 7.59. The van der Waals surface area contributed by atoms with Gasteiger partial charge in [-0.05, 0) is 17.9 Å². The molecule has 0 aromatic heterocycles. The van der Waals surface area contributed by atoms with Crippen molar-refractivity contribution in [1.29, 1.82) is 0 Å². The average Bonchev–Trinajstić information content (AvgIpc) is 1.93. The summed E-state index contributed by atoms with van der Waals surface area (Å²) in [5.41, 5.74) is 2.79. The van der Waals surface area contributed by atoms with Crippen molar-refractivity contribution in [3.63, 3.8) is 0 Å². The number of hydrogen-bond donors (Lipinski definition) is 0. The normalized spacial score (nSPS) is 10.5. The predicted octanol–water partition coefficient (Wildman–Crippen LogP) is 1.14. The van der Waals surface area contributed by atoms with Crippen molar-refractivity contribution < 1.29 is 0 Å². The molecule has 0 N–H and O–H groups in total. The number of hydrogen-bond acceptors (Lipinski definition) is 0. The molecule has 0 spiro atoms. The Morgan fingerprint density at radius 3 is 2.18 bits per heavy atom. The van der Waals surface area contributed by atoms with Crippen molar-refractivity contribution in [3.8, 4) is 0 Å². The molecular weight excluding hydrogens is 131 g/mol. The molecule has 1 aromatic carbocycles. The van der Waals surface area contributed by atoms with Crippen LogP contribution in [0, 0.1) is 5.92 Å². The molecule has 1 rings (SSSR count).